The fourth-order valence-corrected chi connectivity index (χ4v) is 2.52. The summed E-state index contributed by atoms with van der Waals surface area (Å²) < 4.78 is 10.6. The van der Waals surface area contributed by atoms with E-state index in [1.165, 1.54) is 0 Å². The van der Waals surface area contributed by atoms with Crippen LogP contribution in [0.4, 0.5) is 0 Å². The number of carbonyl (C=O) groups is 2. The maximum Gasteiger partial charge on any atom is 0.251 e. The molecule has 2 amide bonds. The first-order chi connectivity index (χ1) is 12.5. The second-order valence-corrected chi connectivity index (χ2v) is 5.93. The van der Waals surface area contributed by atoms with Crippen molar-refractivity contribution < 1.29 is 19.1 Å². The molecule has 0 atom stereocenters. The third kappa shape index (κ3) is 4.75. The lowest BCUT2D eigenvalue weighted by Gasteiger charge is -2.20. The van der Waals surface area contributed by atoms with Crippen LogP contribution in [0.25, 0.3) is 0 Å². The summed E-state index contributed by atoms with van der Waals surface area (Å²) in [6.07, 6.45) is 0. The highest BCUT2D eigenvalue weighted by Crippen LogP contribution is 2.30. The normalized spacial score (nSPS) is 10.2. The van der Waals surface area contributed by atoms with Crippen molar-refractivity contribution in [2.75, 3.05) is 27.8 Å². The van der Waals surface area contributed by atoms with Gasteiger partial charge in [0.15, 0.2) is 11.5 Å². The van der Waals surface area contributed by atoms with Crippen LogP contribution in [-0.2, 0) is 11.3 Å². The van der Waals surface area contributed by atoms with E-state index >= 15 is 0 Å². The van der Waals surface area contributed by atoms with Crippen molar-refractivity contribution in [3.05, 3.63) is 59.2 Å². The van der Waals surface area contributed by atoms with E-state index in [1.54, 1.807) is 50.4 Å². The molecule has 0 bridgehead atoms. The van der Waals surface area contributed by atoms with E-state index in [9.17, 15) is 9.59 Å². The number of methoxy groups -OCH3 is 2. The van der Waals surface area contributed by atoms with Gasteiger partial charge in [0.1, 0.15) is 0 Å². The van der Waals surface area contributed by atoms with Gasteiger partial charge in [-0.3, -0.25) is 9.59 Å². The fraction of sp³-hybridized carbons (Fsp3) is 0.300. The minimum atomic E-state index is -0.269. The summed E-state index contributed by atoms with van der Waals surface area (Å²) in [5.41, 5.74) is 2.47. The Balaban J connectivity index is 1.98. The van der Waals surface area contributed by atoms with Crippen molar-refractivity contribution in [1.82, 2.24) is 10.2 Å². The summed E-state index contributed by atoms with van der Waals surface area (Å²) >= 11 is 0. The third-order valence-electron chi connectivity index (χ3n) is 4.11. The zero-order chi connectivity index (χ0) is 19.1. The smallest absolute Gasteiger partial charge is 0.251 e. The minimum Gasteiger partial charge on any atom is -0.493 e. The number of nitrogens with zero attached hydrogens (tertiary/aromatic N) is 1. The van der Waals surface area contributed by atoms with Crippen LogP contribution >= 0.6 is 0 Å². The van der Waals surface area contributed by atoms with E-state index in [2.05, 4.69) is 5.32 Å². The summed E-state index contributed by atoms with van der Waals surface area (Å²) in [7, 11) is 4.86. The molecule has 0 saturated carbocycles. The van der Waals surface area contributed by atoms with E-state index in [4.69, 9.17) is 9.47 Å². The highest BCUT2D eigenvalue weighted by Gasteiger charge is 2.15. The van der Waals surface area contributed by atoms with Crippen molar-refractivity contribution in [3.63, 3.8) is 0 Å². The van der Waals surface area contributed by atoms with E-state index in [0.717, 1.165) is 11.1 Å². The lowest BCUT2D eigenvalue weighted by atomic mass is 10.1. The second-order valence-electron chi connectivity index (χ2n) is 5.93. The number of benzene rings is 2. The molecular weight excluding hydrogens is 332 g/mol. The molecule has 0 spiro atoms. The van der Waals surface area contributed by atoms with Crippen LogP contribution in [0.5, 0.6) is 11.5 Å². The number of ether oxygens (including phenoxy) is 2. The molecule has 138 valence electrons. The highest BCUT2D eigenvalue weighted by atomic mass is 16.5. The van der Waals surface area contributed by atoms with E-state index in [-0.39, 0.29) is 18.4 Å². The van der Waals surface area contributed by atoms with Crippen molar-refractivity contribution >= 4 is 11.8 Å². The Morgan fingerprint density at radius 3 is 2.27 bits per heavy atom. The zero-order valence-corrected chi connectivity index (χ0v) is 15.5. The van der Waals surface area contributed by atoms with Gasteiger partial charge >= 0.3 is 0 Å². The van der Waals surface area contributed by atoms with Crippen LogP contribution in [0, 0.1) is 6.92 Å². The molecule has 26 heavy (non-hydrogen) atoms. The van der Waals surface area contributed by atoms with Gasteiger partial charge in [-0.05, 0) is 42.3 Å². The average Bonchev–Trinajstić information content (AvgIpc) is 2.67. The number of rotatable bonds is 7. The molecule has 0 saturated heterocycles. The summed E-state index contributed by atoms with van der Waals surface area (Å²) in [6.45, 7) is 2.30. The molecule has 0 aliphatic carbocycles. The SMILES string of the molecule is COc1cc(C)c(CN(C)C(=O)CNC(=O)c2ccccc2)cc1OC. The first-order valence-electron chi connectivity index (χ1n) is 8.25. The lowest BCUT2D eigenvalue weighted by Crippen LogP contribution is -2.37. The van der Waals surface area contributed by atoms with Gasteiger partial charge in [0.25, 0.3) is 5.91 Å². The predicted octanol–water partition coefficient (Wildman–Crippen LogP) is 2.40. The summed E-state index contributed by atoms with van der Waals surface area (Å²) in [6, 6.07) is 12.5. The molecule has 0 unspecified atom stereocenters. The van der Waals surface area contributed by atoms with Crippen molar-refractivity contribution in [2.45, 2.75) is 13.5 Å². The predicted molar refractivity (Wildman–Crippen MR) is 99.5 cm³/mol. The van der Waals surface area contributed by atoms with E-state index in [1.807, 2.05) is 25.1 Å². The number of likely N-dealkylation sites (N-methyl/N-ethyl adjacent to an activating group) is 1. The number of aryl methyl sites for hydroxylation is 1. The Bertz CT molecular complexity index is 775. The molecule has 6 heteroatoms. The lowest BCUT2D eigenvalue weighted by molar-refractivity contribution is -0.129. The van der Waals surface area contributed by atoms with Gasteiger partial charge < -0.3 is 19.7 Å². The third-order valence-corrected chi connectivity index (χ3v) is 4.11. The average molecular weight is 356 g/mol. The van der Waals surface area contributed by atoms with Crippen molar-refractivity contribution in [2.24, 2.45) is 0 Å². The number of nitrogens with one attached hydrogen (secondary N) is 1. The maximum absolute atomic E-state index is 12.3. The maximum atomic E-state index is 12.3. The molecule has 2 aromatic carbocycles. The number of hydrogen-bond donors (Lipinski definition) is 1. The molecule has 6 nitrogen and oxygen atoms in total. The number of amides is 2. The van der Waals surface area contributed by atoms with Crippen LogP contribution in [0.15, 0.2) is 42.5 Å². The Morgan fingerprint density at radius 1 is 1.04 bits per heavy atom. The summed E-state index contributed by atoms with van der Waals surface area (Å²) in [5, 5.41) is 2.65. The van der Waals surface area contributed by atoms with Gasteiger partial charge in [-0.25, -0.2) is 0 Å². The molecule has 0 aliphatic heterocycles. The molecular formula is C20H24N2O4. The number of carbonyl (C=O) groups excluding carboxylic acids is 2. The Kier molecular flexibility index (Phi) is 6.60. The fourth-order valence-electron chi connectivity index (χ4n) is 2.52. The first-order valence-corrected chi connectivity index (χ1v) is 8.25. The quantitative estimate of drug-likeness (QED) is 0.827. The molecule has 2 rings (SSSR count). The van der Waals surface area contributed by atoms with Gasteiger partial charge in [-0.15, -0.1) is 0 Å². The van der Waals surface area contributed by atoms with Gasteiger partial charge in [0.2, 0.25) is 5.91 Å². The second kappa shape index (κ2) is 8.89. The summed E-state index contributed by atoms with van der Waals surface area (Å²) in [5.74, 6) is 0.822. The van der Waals surface area contributed by atoms with Crippen LogP contribution < -0.4 is 14.8 Å². The summed E-state index contributed by atoms with van der Waals surface area (Å²) in [4.78, 5) is 25.9. The van der Waals surface area contributed by atoms with Gasteiger partial charge in [0, 0.05) is 19.2 Å². The molecule has 0 fully saturated rings. The molecule has 0 aliphatic rings. The molecule has 0 aromatic heterocycles. The van der Waals surface area contributed by atoms with Gasteiger partial charge in [-0.1, -0.05) is 18.2 Å². The Hall–Kier alpha value is -3.02. The molecule has 0 heterocycles. The highest BCUT2D eigenvalue weighted by molar-refractivity contribution is 5.96. The Labute approximate surface area is 153 Å². The van der Waals surface area contributed by atoms with Gasteiger partial charge in [-0.2, -0.15) is 0 Å². The topological polar surface area (TPSA) is 67.9 Å². The largest absolute Gasteiger partial charge is 0.493 e. The molecule has 0 radical (unpaired) electrons. The molecule has 1 N–H and O–H groups in total. The Morgan fingerprint density at radius 2 is 1.65 bits per heavy atom. The number of hydrogen-bond acceptors (Lipinski definition) is 4. The van der Waals surface area contributed by atoms with Gasteiger partial charge in [0.05, 0.1) is 20.8 Å². The van der Waals surface area contributed by atoms with Crippen LogP contribution in [0.3, 0.4) is 0 Å². The minimum absolute atomic E-state index is 0.0590. The first kappa shape index (κ1) is 19.3. The van der Waals surface area contributed by atoms with Crippen LogP contribution in [0.1, 0.15) is 21.5 Å². The van der Waals surface area contributed by atoms with Crippen molar-refractivity contribution in [1.29, 1.82) is 0 Å². The standard InChI is InChI=1S/C20H24N2O4/c1-14-10-17(25-3)18(26-4)11-16(14)13-22(2)19(23)12-21-20(24)15-8-6-5-7-9-15/h5-11H,12-13H2,1-4H3,(H,21,24). The monoisotopic (exact) mass is 356 g/mol. The zero-order valence-electron chi connectivity index (χ0n) is 15.5. The van der Waals surface area contributed by atoms with Crippen LogP contribution in [-0.4, -0.2) is 44.5 Å². The van der Waals surface area contributed by atoms with Crippen LogP contribution in [0.2, 0.25) is 0 Å². The van der Waals surface area contributed by atoms with Crippen molar-refractivity contribution in [3.8, 4) is 11.5 Å². The van der Waals surface area contributed by atoms with E-state index < -0.39 is 0 Å². The molecule has 2 aromatic rings. The van der Waals surface area contributed by atoms with E-state index in [0.29, 0.717) is 23.6 Å².